The number of rotatable bonds is 1. The van der Waals surface area contributed by atoms with E-state index in [4.69, 9.17) is 0 Å². The molecule has 1 aliphatic rings. The number of aromatic nitrogens is 2. The summed E-state index contributed by atoms with van der Waals surface area (Å²) in [5, 5.41) is 0. The number of nitrogens with zero attached hydrogens (tertiary/aromatic N) is 3. The maximum absolute atomic E-state index is 12.5. The number of carbonyl (C=O) groups is 1. The zero-order valence-electron chi connectivity index (χ0n) is 11.9. The van der Waals surface area contributed by atoms with Crippen LogP contribution in [0.5, 0.6) is 0 Å². The van der Waals surface area contributed by atoms with Crippen LogP contribution in [0.2, 0.25) is 0 Å². The van der Waals surface area contributed by atoms with Crippen molar-refractivity contribution in [1.82, 2.24) is 14.0 Å². The molecule has 106 valence electrons. The fourth-order valence-electron chi connectivity index (χ4n) is 2.92. The number of hydrogen-bond donors (Lipinski definition) is 0. The fourth-order valence-corrected chi connectivity index (χ4v) is 2.92. The Morgan fingerprint density at radius 3 is 2.35 bits per heavy atom. The van der Waals surface area contributed by atoms with Gasteiger partial charge in [-0.3, -0.25) is 13.9 Å². The zero-order valence-corrected chi connectivity index (χ0v) is 11.9. The summed E-state index contributed by atoms with van der Waals surface area (Å²) in [6.45, 7) is 1.68. The van der Waals surface area contributed by atoms with E-state index in [-0.39, 0.29) is 11.6 Å². The normalized spacial score (nSPS) is 15.8. The highest BCUT2D eigenvalue weighted by molar-refractivity contribution is 5.97. The van der Waals surface area contributed by atoms with Gasteiger partial charge in [0.05, 0.1) is 11.0 Å². The number of piperidine rings is 1. The topological polar surface area (TPSA) is 47.2 Å². The monoisotopic (exact) mass is 273 g/mol. The van der Waals surface area contributed by atoms with Crippen LogP contribution in [0.4, 0.5) is 0 Å². The van der Waals surface area contributed by atoms with Crippen molar-refractivity contribution >= 4 is 16.9 Å². The van der Waals surface area contributed by atoms with Crippen molar-refractivity contribution < 1.29 is 4.79 Å². The minimum atomic E-state index is -0.0671. The van der Waals surface area contributed by atoms with Gasteiger partial charge in [0.2, 0.25) is 0 Å². The molecule has 1 aliphatic heterocycles. The average molecular weight is 273 g/mol. The van der Waals surface area contributed by atoms with E-state index >= 15 is 0 Å². The molecule has 2 aromatic rings. The molecule has 3 rings (SSSR count). The molecule has 1 saturated heterocycles. The molecule has 5 heteroatoms. The Bertz CT molecular complexity index is 721. The van der Waals surface area contributed by atoms with Gasteiger partial charge in [-0.25, -0.2) is 4.79 Å². The van der Waals surface area contributed by atoms with Crippen LogP contribution in [-0.2, 0) is 14.1 Å². The Balaban J connectivity index is 2.02. The molecular weight excluding hydrogens is 254 g/mol. The number of aryl methyl sites for hydroxylation is 2. The van der Waals surface area contributed by atoms with Gasteiger partial charge in [-0.1, -0.05) is 0 Å². The molecule has 0 radical (unpaired) electrons. The average Bonchev–Trinajstić information content (AvgIpc) is 2.72. The Hall–Kier alpha value is -2.04. The SMILES string of the molecule is Cn1c(=O)n(C)c2cc(C(=O)N3CCCCC3)ccc21. The first kappa shape index (κ1) is 13.0. The summed E-state index contributed by atoms with van der Waals surface area (Å²) in [5.41, 5.74) is 2.26. The van der Waals surface area contributed by atoms with Gasteiger partial charge in [0, 0.05) is 32.7 Å². The summed E-state index contributed by atoms with van der Waals surface area (Å²) >= 11 is 0. The van der Waals surface area contributed by atoms with E-state index in [0.717, 1.165) is 37.0 Å². The lowest BCUT2D eigenvalue weighted by Gasteiger charge is -2.26. The molecule has 1 aromatic heterocycles. The lowest BCUT2D eigenvalue weighted by atomic mass is 10.1. The van der Waals surface area contributed by atoms with Crippen molar-refractivity contribution in [3.05, 3.63) is 34.2 Å². The van der Waals surface area contributed by atoms with Crippen molar-refractivity contribution in [3.8, 4) is 0 Å². The summed E-state index contributed by atoms with van der Waals surface area (Å²) < 4.78 is 3.19. The minimum Gasteiger partial charge on any atom is -0.339 e. The van der Waals surface area contributed by atoms with E-state index < -0.39 is 0 Å². The number of fused-ring (bicyclic) bond motifs is 1. The summed E-state index contributed by atoms with van der Waals surface area (Å²) in [5.74, 6) is 0.0721. The lowest BCUT2D eigenvalue weighted by molar-refractivity contribution is 0.0724. The molecule has 0 aliphatic carbocycles. The summed E-state index contributed by atoms with van der Waals surface area (Å²) in [4.78, 5) is 26.3. The number of likely N-dealkylation sites (tertiary alicyclic amines) is 1. The molecular formula is C15H19N3O2. The third-order valence-corrected chi connectivity index (χ3v) is 4.16. The van der Waals surface area contributed by atoms with Gasteiger partial charge in [-0.15, -0.1) is 0 Å². The number of amides is 1. The van der Waals surface area contributed by atoms with Crippen molar-refractivity contribution in [2.24, 2.45) is 14.1 Å². The van der Waals surface area contributed by atoms with E-state index in [1.54, 1.807) is 23.2 Å². The first-order valence-electron chi connectivity index (χ1n) is 7.04. The highest BCUT2D eigenvalue weighted by atomic mass is 16.2. The maximum Gasteiger partial charge on any atom is 0.328 e. The fraction of sp³-hybridized carbons (Fsp3) is 0.467. The molecule has 20 heavy (non-hydrogen) atoms. The van der Waals surface area contributed by atoms with Crippen LogP contribution in [0.25, 0.3) is 11.0 Å². The second kappa shape index (κ2) is 4.81. The van der Waals surface area contributed by atoms with E-state index in [0.29, 0.717) is 5.56 Å². The van der Waals surface area contributed by atoms with Crippen LogP contribution < -0.4 is 5.69 Å². The summed E-state index contributed by atoms with van der Waals surface area (Å²) in [6, 6.07) is 5.50. The molecule has 1 aromatic carbocycles. The molecule has 5 nitrogen and oxygen atoms in total. The molecule has 0 bridgehead atoms. The molecule has 0 N–H and O–H groups in total. The maximum atomic E-state index is 12.5. The van der Waals surface area contributed by atoms with E-state index in [1.165, 1.54) is 6.42 Å². The molecule has 2 heterocycles. The van der Waals surface area contributed by atoms with Crippen molar-refractivity contribution in [2.45, 2.75) is 19.3 Å². The van der Waals surface area contributed by atoms with E-state index in [2.05, 4.69) is 0 Å². The van der Waals surface area contributed by atoms with Gasteiger partial charge >= 0.3 is 5.69 Å². The quantitative estimate of drug-likeness (QED) is 0.790. The third-order valence-electron chi connectivity index (χ3n) is 4.16. The Morgan fingerprint density at radius 1 is 1.00 bits per heavy atom. The molecule has 0 atom stereocenters. The lowest BCUT2D eigenvalue weighted by Crippen LogP contribution is -2.35. The van der Waals surface area contributed by atoms with Crippen molar-refractivity contribution in [2.75, 3.05) is 13.1 Å². The minimum absolute atomic E-state index is 0.0671. The van der Waals surface area contributed by atoms with Gasteiger partial charge in [-0.2, -0.15) is 0 Å². The zero-order chi connectivity index (χ0) is 14.3. The molecule has 0 spiro atoms. The predicted molar refractivity (Wildman–Crippen MR) is 77.9 cm³/mol. The van der Waals surface area contributed by atoms with Crippen LogP contribution in [0, 0.1) is 0 Å². The van der Waals surface area contributed by atoms with Crippen LogP contribution in [0.3, 0.4) is 0 Å². The highest BCUT2D eigenvalue weighted by Crippen LogP contribution is 2.17. The Labute approximate surface area is 117 Å². The van der Waals surface area contributed by atoms with Gasteiger partial charge in [-0.05, 0) is 37.5 Å². The second-order valence-electron chi connectivity index (χ2n) is 5.46. The predicted octanol–water partition coefficient (Wildman–Crippen LogP) is 1.50. The van der Waals surface area contributed by atoms with Crippen LogP contribution >= 0.6 is 0 Å². The van der Waals surface area contributed by atoms with E-state index in [9.17, 15) is 9.59 Å². The van der Waals surface area contributed by atoms with Gasteiger partial charge in [0.1, 0.15) is 0 Å². The third kappa shape index (κ3) is 1.94. The first-order chi connectivity index (χ1) is 9.59. The summed E-state index contributed by atoms with van der Waals surface area (Å²) in [6.07, 6.45) is 3.37. The smallest absolute Gasteiger partial charge is 0.328 e. The highest BCUT2D eigenvalue weighted by Gasteiger charge is 2.19. The number of imidazole rings is 1. The van der Waals surface area contributed by atoms with Gasteiger partial charge < -0.3 is 4.90 Å². The standard InChI is InChI=1S/C15H19N3O2/c1-16-12-7-6-11(10-13(12)17(2)15(16)20)14(19)18-8-4-3-5-9-18/h6-7,10H,3-5,8-9H2,1-2H3. The molecule has 1 fully saturated rings. The van der Waals surface area contributed by atoms with Gasteiger partial charge in [0.25, 0.3) is 5.91 Å². The van der Waals surface area contributed by atoms with Crippen LogP contribution in [0.1, 0.15) is 29.6 Å². The molecule has 1 amide bonds. The van der Waals surface area contributed by atoms with Gasteiger partial charge in [0.15, 0.2) is 0 Å². The molecule has 0 unspecified atom stereocenters. The van der Waals surface area contributed by atoms with Crippen molar-refractivity contribution in [1.29, 1.82) is 0 Å². The number of carbonyl (C=O) groups excluding carboxylic acids is 1. The first-order valence-corrected chi connectivity index (χ1v) is 7.04. The number of benzene rings is 1. The van der Waals surface area contributed by atoms with Crippen molar-refractivity contribution in [3.63, 3.8) is 0 Å². The number of hydrogen-bond acceptors (Lipinski definition) is 2. The van der Waals surface area contributed by atoms with E-state index in [1.807, 2.05) is 23.1 Å². The Kier molecular flexibility index (Phi) is 3.12. The second-order valence-corrected chi connectivity index (χ2v) is 5.46. The largest absolute Gasteiger partial charge is 0.339 e. The summed E-state index contributed by atoms with van der Waals surface area (Å²) in [7, 11) is 3.48. The molecule has 0 saturated carbocycles. The van der Waals surface area contributed by atoms with Crippen LogP contribution in [-0.4, -0.2) is 33.0 Å². The Morgan fingerprint density at radius 2 is 1.65 bits per heavy atom. The van der Waals surface area contributed by atoms with Crippen LogP contribution in [0.15, 0.2) is 23.0 Å².